The molecule has 1 fully saturated rings. The van der Waals surface area contributed by atoms with E-state index in [1.165, 1.54) is 0 Å². The van der Waals surface area contributed by atoms with E-state index in [1.807, 2.05) is 12.1 Å². The van der Waals surface area contributed by atoms with Gasteiger partial charge in [-0.05, 0) is 26.0 Å². The average Bonchev–Trinajstić information content (AvgIpc) is 2.35. The van der Waals surface area contributed by atoms with Gasteiger partial charge in [0.25, 0.3) is 0 Å². The molecule has 1 aliphatic heterocycles. The molecule has 1 aromatic carbocycles. The third-order valence-electron chi connectivity index (χ3n) is 3.26. The van der Waals surface area contributed by atoms with Crippen LogP contribution in [0.3, 0.4) is 0 Å². The molecule has 20 heavy (non-hydrogen) atoms. The lowest BCUT2D eigenvalue weighted by Crippen LogP contribution is -2.48. The number of nitrogens with two attached hydrogens (primary N) is 1. The lowest BCUT2D eigenvalue weighted by atomic mass is 10.2. The third-order valence-corrected chi connectivity index (χ3v) is 3.26. The molecule has 0 bridgehead atoms. The van der Waals surface area contributed by atoms with E-state index in [4.69, 9.17) is 15.2 Å². The van der Waals surface area contributed by atoms with Crippen molar-refractivity contribution in [3.05, 3.63) is 24.3 Å². The summed E-state index contributed by atoms with van der Waals surface area (Å²) < 4.78 is 11.2. The molecule has 1 aliphatic rings. The molecular formula is C15H24N2O3. The quantitative estimate of drug-likeness (QED) is 0.791. The fourth-order valence-corrected chi connectivity index (χ4v) is 2.58. The molecule has 0 spiro atoms. The summed E-state index contributed by atoms with van der Waals surface area (Å²) in [4.78, 5) is 2.21. The molecule has 0 amide bonds. The maximum absolute atomic E-state index is 10.1. The summed E-state index contributed by atoms with van der Waals surface area (Å²) in [7, 11) is 0. The van der Waals surface area contributed by atoms with Crippen LogP contribution in [-0.4, -0.2) is 54.6 Å². The van der Waals surface area contributed by atoms with Crippen LogP contribution in [0.4, 0.5) is 5.69 Å². The van der Waals surface area contributed by atoms with Crippen LogP contribution in [-0.2, 0) is 4.74 Å². The molecule has 3 unspecified atom stereocenters. The minimum absolute atomic E-state index is 0.209. The van der Waals surface area contributed by atoms with Crippen molar-refractivity contribution in [1.82, 2.24) is 4.90 Å². The van der Waals surface area contributed by atoms with Crippen LogP contribution in [0.5, 0.6) is 5.75 Å². The van der Waals surface area contributed by atoms with E-state index in [9.17, 15) is 5.11 Å². The van der Waals surface area contributed by atoms with Crippen LogP contribution >= 0.6 is 0 Å². The minimum atomic E-state index is -0.520. The summed E-state index contributed by atoms with van der Waals surface area (Å²) in [5.74, 6) is 0.688. The summed E-state index contributed by atoms with van der Waals surface area (Å²) >= 11 is 0. The van der Waals surface area contributed by atoms with Gasteiger partial charge in [-0.1, -0.05) is 6.07 Å². The number of ether oxygens (including phenoxy) is 2. The molecule has 0 radical (unpaired) electrons. The maximum atomic E-state index is 10.1. The molecule has 0 aromatic heterocycles. The highest BCUT2D eigenvalue weighted by molar-refractivity contribution is 5.43. The first kappa shape index (κ1) is 15.1. The molecule has 1 heterocycles. The van der Waals surface area contributed by atoms with Crippen molar-refractivity contribution >= 4 is 5.69 Å². The number of β-amino-alcohol motifs (C(OH)–C–C–N with tert-alkyl or cyclic N) is 1. The SMILES string of the molecule is CC1CN(CC(O)COc2cccc(N)c2)CC(C)O1. The van der Waals surface area contributed by atoms with Gasteiger partial charge in [0.1, 0.15) is 18.5 Å². The van der Waals surface area contributed by atoms with E-state index in [0.717, 1.165) is 13.1 Å². The Kier molecular flexibility index (Phi) is 5.23. The van der Waals surface area contributed by atoms with Crippen molar-refractivity contribution in [2.45, 2.75) is 32.2 Å². The number of morpholine rings is 1. The fraction of sp³-hybridized carbons (Fsp3) is 0.600. The van der Waals surface area contributed by atoms with Gasteiger partial charge in [-0.2, -0.15) is 0 Å². The van der Waals surface area contributed by atoms with Gasteiger partial charge in [-0.25, -0.2) is 0 Å². The summed E-state index contributed by atoms with van der Waals surface area (Å²) in [6.45, 7) is 6.67. The van der Waals surface area contributed by atoms with Crippen molar-refractivity contribution in [1.29, 1.82) is 0 Å². The Hall–Kier alpha value is -1.30. The highest BCUT2D eigenvalue weighted by Crippen LogP contribution is 2.15. The number of anilines is 1. The molecular weight excluding hydrogens is 256 g/mol. The summed E-state index contributed by atoms with van der Waals surface area (Å²) in [6, 6.07) is 7.23. The van der Waals surface area contributed by atoms with Crippen LogP contribution in [0, 0.1) is 0 Å². The Morgan fingerprint density at radius 1 is 1.40 bits per heavy atom. The molecule has 3 N–H and O–H groups in total. The van der Waals surface area contributed by atoms with Crippen molar-refractivity contribution in [3.8, 4) is 5.75 Å². The Morgan fingerprint density at radius 2 is 2.10 bits per heavy atom. The van der Waals surface area contributed by atoms with Crippen molar-refractivity contribution in [2.75, 3.05) is 32.0 Å². The summed E-state index contributed by atoms with van der Waals surface area (Å²) in [6.07, 6.45) is -0.101. The number of nitrogens with zero attached hydrogens (tertiary/aromatic N) is 1. The third kappa shape index (κ3) is 4.67. The molecule has 112 valence electrons. The van der Waals surface area contributed by atoms with E-state index in [1.54, 1.807) is 12.1 Å². The summed E-state index contributed by atoms with van der Waals surface area (Å²) in [5.41, 5.74) is 6.34. The van der Waals surface area contributed by atoms with E-state index in [-0.39, 0.29) is 18.8 Å². The second kappa shape index (κ2) is 6.92. The zero-order valence-electron chi connectivity index (χ0n) is 12.2. The second-order valence-corrected chi connectivity index (χ2v) is 5.51. The van der Waals surface area contributed by atoms with Gasteiger partial charge in [-0.15, -0.1) is 0 Å². The molecule has 1 saturated heterocycles. The molecule has 5 nitrogen and oxygen atoms in total. The zero-order chi connectivity index (χ0) is 14.5. The zero-order valence-corrected chi connectivity index (χ0v) is 12.2. The Labute approximate surface area is 120 Å². The number of aliphatic hydroxyl groups excluding tert-OH is 1. The van der Waals surface area contributed by atoms with Crippen molar-refractivity contribution in [3.63, 3.8) is 0 Å². The van der Waals surface area contributed by atoms with Crippen LogP contribution in [0.2, 0.25) is 0 Å². The standard InChI is InChI=1S/C15H24N2O3/c1-11-7-17(8-12(2)20-11)9-14(18)10-19-15-5-3-4-13(16)6-15/h3-6,11-12,14,18H,7-10,16H2,1-2H3. The number of hydrogen-bond donors (Lipinski definition) is 2. The lowest BCUT2D eigenvalue weighted by molar-refractivity contribution is -0.0786. The van der Waals surface area contributed by atoms with Crippen LogP contribution < -0.4 is 10.5 Å². The maximum Gasteiger partial charge on any atom is 0.121 e. The molecule has 2 rings (SSSR count). The molecule has 1 aromatic rings. The lowest BCUT2D eigenvalue weighted by Gasteiger charge is -2.36. The van der Waals surface area contributed by atoms with Crippen LogP contribution in [0.1, 0.15) is 13.8 Å². The monoisotopic (exact) mass is 280 g/mol. The topological polar surface area (TPSA) is 68.0 Å². The van der Waals surface area contributed by atoms with E-state index >= 15 is 0 Å². The van der Waals surface area contributed by atoms with Gasteiger partial charge in [0.15, 0.2) is 0 Å². The predicted molar refractivity (Wildman–Crippen MR) is 78.8 cm³/mol. The first-order valence-electron chi connectivity index (χ1n) is 7.07. The largest absolute Gasteiger partial charge is 0.491 e. The van der Waals surface area contributed by atoms with Crippen LogP contribution in [0.15, 0.2) is 24.3 Å². The predicted octanol–water partition coefficient (Wildman–Crippen LogP) is 1.12. The van der Waals surface area contributed by atoms with Crippen LogP contribution in [0.25, 0.3) is 0 Å². The number of benzene rings is 1. The average molecular weight is 280 g/mol. The van der Waals surface area contributed by atoms with Gasteiger partial charge in [0.2, 0.25) is 0 Å². The Bertz CT molecular complexity index is 417. The van der Waals surface area contributed by atoms with Gasteiger partial charge in [0, 0.05) is 31.4 Å². The Morgan fingerprint density at radius 3 is 2.75 bits per heavy atom. The van der Waals surface area contributed by atoms with Gasteiger partial charge in [-0.3, -0.25) is 4.90 Å². The second-order valence-electron chi connectivity index (χ2n) is 5.51. The minimum Gasteiger partial charge on any atom is -0.491 e. The van der Waals surface area contributed by atoms with Gasteiger partial charge < -0.3 is 20.3 Å². The number of hydrogen-bond acceptors (Lipinski definition) is 5. The van der Waals surface area contributed by atoms with E-state index in [0.29, 0.717) is 18.0 Å². The smallest absolute Gasteiger partial charge is 0.121 e. The molecule has 5 heteroatoms. The van der Waals surface area contributed by atoms with Crippen molar-refractivity contribution < 1.29 is 14.6 Å². The van der Waals surface area contributed by atoms with Gasteiger partial charge in [0.05, 0.1) is 12.2 Å². The van der Waals surface area contributed by atoms with E-state index < -0.39 is 6.10 Å². The number of rotatable bonds is 5. The highest BCUT2D eigenvalue weighted by Gasteiger charge is 2.23. The molecule has 0 aliphatic carbocycles. The molecule has 3 atom stereocenters. The fourth-order valence-electron chi connectivity index (χ4n) is 2.58. The van der Waals surface area contributed by atoms with Crippen molar-refractivity contribution in [2.24, 2.45) is 0 Å². The van der Waals surface area contributed by atoms with E-state index in [2.05, 4.69) is 18.7 Å². The first-order chi connectivity index (χ1) is 9.52. The van der Waals surface area contributed by atoms with Gasteiger partial charge >= 0.3 is 0 Å². The number of nitrogen functional groups attached to an aromatic ring is 1. The normalized spacial score (nSPS) is 25.4. The highest BCUT2D eigenvalue weighted by atomic mass is 16.5. The summed E-state index contributed by atoms with van der Waals surface area (Å²) in [5, 5.41) is 10.1. The first-order valence-corrected chi connectivity index (χ1v) is 7.07. The molecule has 0 saturated carbocycles. The number of aliphatic hydroxyl groups is 1. The Balaban J connectivity index is 1.76.